The zero-order valence-corrected chi connectivity index (χ0v) is 10.9. The Labute approximate surface area is 108 Å². The number of hydrogen-bond donors (Lipinski definition) is 2. The Kier molecular flexibility index (Phi) is 6.34. The molecule has 0 radical (unpaired) electrons. The Morgan fingerprint density at radius 1 is 1.35 bits per heavy atom. The van der Waals surface area contributed by atoms with Crippen LogP contribution in [0.4, 0.5) is 5.13 Å². The molecule has 17 heavy (non-hydrogen) atoms. The molecule has 0 saturated heterocycles. The molecule has 1 aromatic heterocycles. The maximum absolute atomic E-state index is 11.3. The number of nitrogens with one attached hydrogen (secondary N) is 2. The van der Waals surface area contributed by atoms with E-state index in [1.54, 1.807) is 12.2 Å². The van der Waals surface area contributed by atoms with Crippen molar-refractivity contribution < 1.29 is 4.79 Å². The molecule has 0 aliphatic heterocycles. The molecule has 0 aromatic carbocycles. The molecule has 1 rings (SSSR count). The molecule has 1 amide bonds. The smallest absolute Gasteiger partial charge is 0.230 e. The van der Waals surface area contributed by atoms with Gasteiger partial charge in [0, 0.05) is 13.1 Å². The number of hydrogen-bond acceptors (Lipinski definition) is 6. The maximum atomic E-state index is 11.3. The predicted molar refractivity (Wildman–Crippen MR) is 72.5 cm³/mol. The van der Waals surface area contributed by atoms with E-state index in [-0.39, 0.29) is 5.91 Å². The fraction of sp³-hybridized carbons (Fsp3) is 0.300. The van der Waals surface area contributed by atoms with Crippen molar-refractivity contribution in [2.24, 2.45) is 0 Å². The van der Waals surface area contributed by atoms with Gasteiger partial charge in [-0.05, 0) is 0 Å². The van der Waals surface area contributed by atoms with Crippen molar-refractivity contribution in [3.63, 3.8) is 0 Å². The molecule has 0 aliphatic carbocycles. The Morgan fingerprint density at radius 2 is 2.12 bits per heavy atom. The third kappa shape index (κ3) is 5.50. The number of thioether (sulfide) groups is 1. The highest BCUT2D eigenvalue weighted by Crippen LogP contribution is 2.24. The highest BCUT2D eigenvalue weighted by atomic mass is 32.2. The number of carbonyl (C=O) groups excluding carboxylic acids is 1. The number of rotatable bonds is 8. The first-order valence-electron chi connectivity index (χ1n) is 4.95. The van der Waals surface area contributed by atoms with Gasteiger partial charge in [0.15, 0.2) is 4.34 Å². The second-order valence-electron chi connectivity index (χ2n) is 2.92. The lowest BCUT2D eigenvalue weighted by molar-refractivity contribution is -0.118. The van der Waals surface area contributed by atoms with Crippen LogP contribution in [-0.2, 0) is 4.79 Å². The summed E-state index contributed by atoms with van der Waals surface area (Å²) in [5.74, 6) is 0.301. The lowest BCUT2D eigenvalue weighted by atomic mass is 10.6. The molecular formula is C10H14N4OS2. The van der Waals surface area contributed by atoms with Gasteiger partial charge in [-0.1, -0.05) is 35.3 Å². The van der Waals surface area contributed by atoms with Crippen LogP contribution in [0.1, 0.15) is 0 Å². The largest absolute Gasteiger partial charge is 0.357 e. The van der Waals surface area contributed by atoms with Crippen molar-refractivity contribution in [2.45, 2.75) is 4.34 Å². The van der Waals surface area contributed by atoms with E-state index in [1.165, 1.54) is 23.1 Å². The highest BCUT2D eigenvalue weighted by molar-refractivity contribution is 8.01. The van der Waals surface area contributed by atoms with Crippen LogP contribution in [0.25, 0.3) is 0 Å². The summed E-state index contributed by atoms with van der Waals surface area (Å²) in [6.07, 6.45) is 3.39. The average Bonchev–Trinajstić information content (AvgIpc) is 2.79. The van der Waals surface area contributed by atoms with Gasteiger partial charge in [0.05, 0.1) is 5.75 Å². The molecule has 0 saturated carbocycles. The van der Waals surface area contributed by atoms with Gasteiger partial charge in [0.25, 0.3) is 0 Å². The van der Waals surface area contributed by atoms with Crippen LogP contribution < -0.4 is 10.6 Å². The van der Waals surface area contributed by atoms with Gasteiger partial charge in [0.1, 0.15) is 0 Å². The summed E-state index contributed by atoms with van der Waals surface area (Å²) in [7, 11) is 0. The number of carbonyl (C=O) groups is 1. The topological polar surface area (TPSA) is 66.9 Å². The number of anilines is 1. The minimum Gasteiger partial charge on any atom is -0.357 e. The molecule has 5 nitrogen and oxygen atoms in total. The van der Waals surface area contributed by atoms with Crippen LogP contribution in [0.5, 0.6) is 0 Å². The van der Waals surface area contributed by atoms with Crippen LogP contribution in [-0.4, -0.2) is 34.9 Å². The van der Waals surface area contributed by atoms with Crippen LogP contribution in [0.3, 0.4) is 0 Å². The molecule has 1 aromatic rings. The minimum absolute atomic E-state index is 0.0364. The van der Waals surface area contributed by atoms with Crippen molar-refractivity contribution in [3.05, 3.63) is 25.3 Å². The van der Waals surface area contributed by atoms with E-state index in [4.69, 9.17) is 0 Å². The van der Waals surface area contributed by atoms with Crippen LogP contribution in [0.2, 0.25) is 0 Å². The van der Waals surface area contributed by atoms with Crippen molar-refractivity contribution >= 4 is 34.1 Å². The summed E-state index contributed by atoms with van der Waals surface area (Å²) in [6, 6.07) is 0. The second kappa shape index (κ2) is 7.86. The van der Waals surface area contributed by atoms with Gasteiger partial charge in [-0.25, -0.2) is 0 Å². The summed E-state index contributed by atoms with van der Waals surface area (Å²) in [4.78, 5) is 11.3. The van der Waals surface area contributed by atoms with Crippen LogP contribution in [0.15, 0.2) is 29.6 Å². The van der Waals surface area contributed by atoms with Gasteiger partial charge < -0.3 is 10.6 Å². The molecule has 92 valence electrons. The normalized spacial score (nSPS) is 9.65. The standard InChI is InChI=1S/C10H14N4OS2/c1-3-5-11-8(15)7-16-10-14-13-9(17-10)12-6-4-2/h3-4H,1-2,5-7H2,(H,11,15)(H,12,13). The summed E-state index contributed by atoms with van der Waals surface area (Å²) in [6.45, 7) is 8.26. The molecule has 2 N–H and O–H groups in total. The lowest BCUT2D eigenvalue weighted by Gasteiger charge is -1.99. The van der Waals surface area contributed by atoms with E-state index in [9.17, 15) is 4.79 Å². The number of aromatic nitrogens is 2. The van der Waals surface area contributed by atoms with Crippen molar-refractivity contribution in [1.82, 2.24) is 15.5 Å². The second-order valence-corrected chi connectivity index (χ2v) is 5.12. The minimum atomic E-state index is -0.0364. The van der Waals surface area contributed by atoms with E-state index in [1.807, 2.05) is 0 Å². The fourth-order valence-corrected chi connectivity index (χ4v) is 2.45. The quantitative estimate of drug-likeness (QED) is 0.554. The first kappa shape index (κ1) is 13.7. The molecule has 0 atom stereocenters. The van der Waals surface area contributed by atoms with Crippen molar-refractivity contribution in [2.75, 3.05) is 24.2 Å². The van der Waals surface area contributed by atoms with Gasteiger partial charge in [-0.2, -0.15) is 0 Å². The van der Waals surface area contributed by atoms with Gasteiger partial charge in [-0.15, -0.1) is 23.4 Å². The number of nitrogens with zero attached hydrogens (tertiary/aromatic N) is 2. The van der Waals surface area contributed by atoms with E-state index >= 15 is 0 Å². The fourth-order valence-electron chi connectivity index (χ4n) is 0.863. The third-order valence-corrected chi connectivity index (χ3v) is 3.59. The highest BCUT2D eigenvalue weighted by Gasteiger charge is 2.06. The van der Waals surface area contributed by atoms with Crippen molar-refractivity contribution in [3.8, 4) is 0 Å². The Morgan fingerprint density at radius 3 is 2.82 bits per heavy atom. The predicted octanol–water partition coefficient (Wildman–Crippen LogP) is 1.53. The molecule has 0 bridgehead atoms. The average molecular weight is 270 g/mol. The zero-order valence-electron chi connectivity index (χ0n) is 9.31. The molecule has 1 heterocycles. The Hall–Kier alpha value is -1.34. The molecule has 7 heteroatoms. The van der Waals surface area contributed by atoms with Crippen LogP contribution in [0, 0.1) is 0 Å². The lowest BCUT2D eigenvalue weighted by Crippen LogP contribution is -2.24. The Balaban J connectivity index is 2.31. The Bertz CT molecular complexity index is 391. The van der Waals surface area contributed by atoms with E-state index in [0.29, 0.717) is 18.8 Å². The number of amides is 1. The third-order valence-electron chi connectivity index (χ3n) is 1.57. The molecular weight excluding hydrogens is 256 g/mol. The first-order valence-corrected chi connectivity index (χ1v) is 6.75. The van der Waals surface area contributed by atoms with E-state index in [2.05, 4.69) is 34.0 Å². The monoisotopic (exact) mass is 270 g/mol. The zero-order chi connectivity index (χ0) is 12.5. The molecule has 0 spiro atoms. The van der Waals surface area contributed by atoms with Gasteiger partial charge >= 0.3 is 0 Å². The molecule has 0 fully saturated rings. The van der Waals surface area contributed by atoms with Gasteiger partial charge in [-0.3, -0.25) is 4.79 Å². The summed E-state index contributed by atoms with van der Waals surface area (Å²) >= 11 is 2.79. The summed E-state index contributed by atoms with van der Waals surface area (Å²) in [5.41, 5.74) is 0. The maximum Gasteiger partial charge on any atom is 0.230 e. The summed E-state index contributed by atoms with van der Waals surface area (Å²) < 4.78 is 0.769. The van der Waals surface area contributed by atoms with E-state index < -0.39 is 0 Å². The summed E-state index contributed by atoms with van der Waals surface area (Å²) in [5, 5.41) is 14.4. The molecule has 0 unspecified atom stereocenters. The SMILES string of the molecule is C=CCNC(=O)CSc1nnc(NCC=C)s1. The van der Waals surface area contributed by atoms with Gasteiger partial charge in [0.2, 0.25) is 11.0 Å². The van der Waals surface area contributed by atoms with Crippen molar-refractivity contribution in [1.29, 1.82) is 0 Å². The first-order chi connectivity index (χ1) is 8.26. The molecule has 0 aliphatic rings. The van der Waals surface area contributed by atoms with E-state index in [0.717, 1.165) is 9.47 Å². The van der Waals surface area contributed by atoms with Crippen LogP contribution >= 0.6 is 23.1 Å².